The summed E-state index contributed by atoms with van der Waals surface area (Å²) < 4.78 is 0. The molecule has 7 heteroatoms. The number of carbonyl (C=O) groups is 1. The molecule has 0 saturated carbocycles. The number of aliphatic imine (C=N–C) groups is 1. The van der Waals surface area contributed by atoms with Crippen LogP contribution in [0.5, 0.6) is 5.75 Å². The summed E-state index contributed by atoms with van der Waals surface area (Å²) >= 11 is 0. The number of phenols is 1. The third-order valence-corrected chi connectivity index (χ3v) is 4.54. The molecule has 0 aliphatic heterocycles. The number of benzene rings is 1. The van der Waals surface area contributed by atoms with Gasteiger partial charge in [0.1, 0.15) is 5.75 Å². The van der Waals surface area contributed by atoms with Crippen molar-refractivity contribution in [2.45, 2.75) is 26.7 Å². The molecule has 176 valence electrons. The smallest absolute Gasteiger partial charge is 0.335 e. The summed E-state index contributed by atoms with van der Waals surface area (Å²) in [6.07, 6.45) is 14.4. The minimum absolute atomic E-state index is 0.0618. The predicted octanol–water partition coefficient (Wildman–Crippen LogP) is 5.24. The van der Waals surface area contributed by atoms with Crippen LogP contribution in [-0.2, 0) is 4.79 Å². The van der Waals surface area contributed by atoms with E-state index < -0.39 is 5.97 Å². The summed E-state index contributed by atoms with van der Waals surface area (Å²) in [5.74, 6) is 0.00616. The number of rotatable bonds is 12. The third kappa shape index (κ3) is 9.86. The molecule has 0 saturated heterocycles. The molecule has 0 bridgehead atoms. The maximum Gasteiger partial charge on any atom is 0.335 e. The van der Waals surface area contributed by atoms with Gasteiger partial charge >= 0.3 is 5.97 Å². The van der Waals surface area contributed by atoms with Crippen LogP contribution < -0.4 is 0 Å². The Kier molecular flexibility index (Phi) is 12.4. The number of hydrogen-bond acceptors (Lipinski definition) is 5. The molecule has 7 nitrogen and oxygen atoms in total. The Bertz CT molecular complexity index is 972. The third-order valence-electron chi connectivity index (χ3n) is 4.54. The molecule has 0 amide bonds. The summed E-state index contributed by atoms with van der Waals surface area (Å²) in [5, 5.41) is 35.1. The highest BCUT2D eigenvalue weighted by atomic mass is 16.4. The first-order valence-electron chi connectivity index (χ1n) is 10.7. The van der Waals surface area contributed by atoms with Crippen LogP contribution >= 0.6 is 0 Å². The van der Waals surface area contributed by atoms with E-state index in [2.05, 4.69) is 16.7 Å². The summed E-state index contributed by atoms with van der Waals surface area (Å²) in [4.78, 5) is 15.6. The molecule has 0 fully saturated rings. The maximum atomic E-state index is 11.3. The van der Waals surface area contributed by atoms with Gasteiger partial charge in [0.05, 0.1) is 23.4 Å². The zero-order valence-electron chi connectivity index (χ0n) is 19.4. The number of aliphatic hydroxyl groups is 1. The lowest BCUT2D eigenvalue weighted by atomic mass is 10.1. The van der Waals surface area contributed by atoms with Gasteiger partial charge in [-0.05, 0) is 48.8 Å². The van der Waals surface area contributed by atoms with Crippen molar-refractivity contribution < 1.29 is 20.1 Å². The molecule has 1 aromatic carbocycles. The van der Waals surface area contributed by atoms with Gasteiger partial charge < -0.3 is 15.3 Å². The number of aromatic hydroxyl groups is 1. The largest absolute Gasteiger partial charge is 0.513 e. The van der Waals surface area contributed by atoms with Crippen LogP contribution in [0.4, 0.5) is 0 Å². The maximum absolute atomic E-state index is 11.3. The van der Waals surface area contributed by atoms with Crippen molar-refractivity contribution in [3.05, 3.63) is 90.3 Å². The number of aliphatic hydroxyl groups excluding tert-OH is 1. The number of aliphatic carboxylic acids is 1. The van der Waals surface area contributed by atoms with E-state index in [1.165, 1.54) is 18.2 Å². The Balaban J connectivity index is 3.11. The van der Waals surface area contributed by atoms with Crippen molar-refractivity contribution in [3.63, 3.8) is 0 Å². The molecule has 0 aliphatic carbocycles. The first-order chi connectivity index (χ1) is 15.8. The van der Waals surface area contributed by atoms with Gasteiger partial charge in [-0.2, -0.15) is 5.10 Å². The molecular formula is C26H33N3O4. The number of hydrazone groups is 1. The molecule has 1 atom stereocenters. The fraction of sp³-hybridized carbons (Fsp3) is 0.269. The summed E-state index contributed by atoms with van der Waals surface area (Å²) in [6.45, 7) is 7.67. The van der Waals surface area contributed by atoms with Crippen molar-refractivity contribution in [1.29, 1.82) is 0 Å². The minimum Gasteiger partial charge on any atom is -0.513 e. The first kappa shape index (κ1) is 27.2. The standard InChI is InChI=1S/C26H33N3O4/c1-5-11-21(26(32)33)13-10-19-29(25(27-4)23-14-7-8-15-24(23)31)28-18-9-12-20(3)16-17-22(30)6-2/h5,7-15,17-18,20,30-31H,1,6,16,19H2,2-4H3,(H,32,33)/b12-9+,13-10-,21-11+,22-17+,27-25?,28-18+. The van der Waals surface area contributed by atoms with Crippen LogP contribution in [-0.4, -0.2) is 51.9 Å². The number of carboxylic acids is 1. The summed E-state index contributed by atoms with van der Waals surface area (Å²) in [6, 6.07) is 6.80. The van der Waals surface area contributed by atoms with E-state index in [0.717, 1.165) is 0 Å². The SMILES string of the molecule is C=C/C=C(\C=C/CN(/N=C/C=C/C(C)C/C=C(/O)CC)C(=NC)c1ccccc1O)C(=O)O. The van der Waals surface area contributed by atoms with Crippen LogP contribution in [0.15, 0.2) is 94.8 Å². The van der Waals surface area contributed by atoms with Crippen molar-refractivity contribution in [2.75, 3.05) is 13.6 Å². The Labute approximate surface area is 195 Å². The van der Waals surface area contributed by atoms with E-state index in [1.807, 2.05) is 19.9 Å². The van der Waals surface area contributed by atoms with Crippen LogP contribution in [0, 0.1) is 5.92 Å². The van der Waals surface area contributed by atoms with E-state index in [9.17, 15) is 20.1 Å². The van der Waals surface area contributed by atoms with Gasteiger partial charge in [-0.3, -0.25) is 4.99 Å². The van der Waals surface area contributed by atoms with Crippen molar-refractivity contribution >= 4 is 18.0 Å². The number of nitrogens with zero attached hydrogens (tertiary/aromatic N) is 3. The second-order valence-corrected chi connectivity index (χ2v) is 7.12. The monoisotopic (exact) mass is 451 g/mol. The molecule has 0 spiro atoms. The van der Waals surface area contributed by atoms with E-state index in [1.54, 1.807) is 60.8 Å². The highest BCUT2D eigenvalue weighted by molar-refractivity contribution is 6.01. The highest BCUT2D eigenvalue weighted by Gasteiger charge is 2.14. The number of para-hydroxylation sites is 1. The van der Waals surface area contributed by atoms with Gasteiger partial charge in [0, 0.05) is 19.7 Å². The molecule has 3 N–H and O–H groups in total. The van der Waals surface area contributed by atoms with Gasteiger partial charge in [-0.25, -0.2) is 9.80 Å². The highest BCUT2D eigenvalue weighted by Crippen LogP contribution is 2.19. The molecular weight excluding hydrogens is 418 g/mol. The van der Waals surface area contributed by atoms with E-state index in [0.29, 0.717) is 30.0 Å². The minimum atomic E-state index is -1.06. The lowest BCUT2D eigenvalue weighted by Crippen LogP contribution is -2.27. The Morgan fingerprint density at radius 3 is 2.61 bits per heavy atom. The van der Waals surface area contributed by atoms with Gasteiger partial charge in [-0.1, -0.05) is 50.8 Å². The van der Waals surface area contributed by atoms with Crippen molar-refractivity contribution in [1.82, 2.24) is 5.01 Å². The Morgan fingerprint density at radius 1 is 1.27 bits per heavy atom. The lowest BCUT2D eigenvalue weighted by Gasteiger charge is -2.20. The van der Waals surface area contributed by atoms with Crippen molar-refractivity contribution in [2.24, 2.45) is 16.0 Å². The number of hydrogen-bond donors (Lipinski definition) is 3. The van der Waals surface area contributed by atoms with Gasteiger partial charge in [-0.15, -0.1) is 0 Å². The second-order valence-electron chi connectivity index (χ2n) is 7.12. The quantitative estimate of drug-likeness (QED) is 0.101. The van der Waals surface area contributed by atoms with E-state index in [4.69, 9.17) is 0 Å². The number of phenolic OH excluding ortho intramolecular Hbond substituents is 1. The van der Waals surface area contributed by atoms with E-state index >= 15 is 0 Å². The lowest BCUT2D eigenvalue weighted by molar-refractivity contribution is -0.132. The topological polar surface area (TPSA) is 106 Å². The molecule has 1 aromatic rings. The second kappa shape index (κ2) is 15.0. The zero-order valence-corrected chi connectivity index (χ0v) is 19.4. The Morgan fingerprint density at radius 2 is 2.00 bits per heavy atom. The normalized spacial score (nSPS) is 14.3. The van der Waals surface area contributed by atoms with Crippen LogP contribution in [0.1, 0.15) is 32.3 Å². The predicted molar refractivity (Wildman–Crippen MR) is 135 cm³/mol. The van der Waals surface area contributed by atoms with Gasteiger partial charge in [0.2, 0.25) is 0 Å². The summed E-state index contributed by atoms with van der Waals surface area (Å²) in [5.41, 5.74) is 0.590. The molecule has 0 aliphatic rings. The molecule has 0 heterocycles. The fourth-order valence-electron chi connectivity index (χ4n) is 2.73. The molecule has 33 heavy (non-hydrogen) atoms. The average Bonchev–Trinajstić information content (AvgIpc) is 2.80. The fourth-order valence-corrected chi connectivity index (χ4v) is 2.73. The molecule has 1 unspecified atom stereocenters. The zero-order chi connectivity index (χ0) is 24.6. The molecule has 0 radical (unpaired) electrons. The van der Waals surface area contributed by atoms with Gasteiger partial charge in [0.25, 0.3) is 0 Å². The number of carboxylic acid groups (broad SMARTS) is 1. The van der Waals surface area contributed by atoms with Crippen molar-refractivity contribution in [3.8, 4) is 5.75 Å². The number of allylic oxidation sites excluding steroid dienone is 6. The van der Waals surface area contributed by atoms with Gasteiger partial charge in [0.15, 0.2) is 5.84 Å². The average molecular weight is 452 g/mol. The van der Waals surface area contributed by atoms with Crippen LogP contribution in [0.3, 0.4) is 0 Å². The number of amidine groups is 1. The summed E-state index contributed by atoms with van der Waals surface area (Å²) in [7, 11) is 1.60. The van der Waals surface area contributed by atoms with Crippen LogP contribution in [0.25, 0.3) is 0 Å². The van der Waals surface area contributed by atoms with E-state index in [-0.39, 0.29) is 23.8 Å². The molecule has 1 rings (SSSR count). The first-order valence-corrected chi connectivity index (χ1v) is 10.7. The Hall–Kier alpha value is -3.87. The van der Waals surface area contributed by atoms with Crippen LogP contribution in [0.2, 0.25) is 0 Å². The molecule has 0 aromatic heterocycles.